The lowest BCUT2D eigenvalue weighted by molar-refractivity contribution is -0.116. The molecular formula is C23H20N4O5. The van der Waals surface area contributed by atoms with Gasteiger partial charge in [0.2, 0.25) is 12.7 Å². The van der Waals surface area contributed by atoms with E-state index in [1.54, 1.807) is 24.3 Å². The molecule has 0 bridgehead atoms. The first kappa shape index (κ1) is 19.8. The Bertz CT molecular complexity index is 1390. The van der Waals surface area contributed by atoms with Gasteiger partial charge in [0, 0.05) is 29.1 Å². The predicted molar refractivity (Wildman–Crippen MR) is 117 cm³/mol. The Morgan fingerprint density at radius 2 is 1.94 bits per heavy atom. The van der Waals surface area contributed by atoms with Gasteiger partial charge in [0.05, 0.1) is 11.1 Å². The lowest BCUT2D eigenvalue weighted by atomic mass is 10.1. The largest absolute Gasteiger partial charge is 0.454 e. The average molecular weight is 432 g/mol. The summed E-state index contributed by atoms with van der Waals surface area (Å²) < 4.78 is 17.4. The van der Waals surface area contributed by atoms with E-state index in [0.29, 0.717) is 34.1 Å². The number of carbonyl (C=O) groups is 1. The molecule has 9 nitrogen and oxygen atoms in total. The summed E-state index contributed by atoms with van der Waals surface area (Å²) in [4.78, 5) is 30.1. The predicted octanol–water partition coefficient (Wildman–Crippen LogP) is 3.54. The lowest BCUT2D eigenvalue weighted by Gasteiger charge is -2.12. The van der Waals surface area contributed by atoms with Gasteiger partial charge in [-0.3, -0.25) is 14.2 Å². The number of fused-ring (bicyclic) bond motifs is 2. The summed E-state index contributed by atoms with van der Waals surface area (Å²) >= 11 is 0. The van der Waals surface area contributed by atoms with Crippen LogP contribution in [0.2, 0.25) is 0 Å². The second kappa shape index (κ2) is 7.84. The van der Waals surface area contributed by atoms with E-state index in [4.69, 9.17) is 14.0 Å². The Hall–Kier alpha value is -4.14. The highest BCUT2D eigenvalue weighted by Crippen LogP contribution is 2.34. The molecule has 0 atom stereocenters. The highest BCUT2D eigenvalue weighted by atomic mass is 16.7. The zero-order valence-corrected chi connectivity index (χ0v) is 17.5. The quantitative estimate of drug-likeness (QED) is 0.514. The van der Waals surface area contributed by atoms with Crippen LogP contribution in [0.25, 0.3) is 22.4 Å². The number of rotatable bonds is 5. The van der Waals surface area contributed by atoms with Gasteiger partial charge in [-0.1, -0.05) is 37.2 Å². The van der Waals surface area contributed by atoms with Crippen LogP contribution in [0.5, 0.6) is 11.5 Å². The highest BCUT2D eigenvalue weighted by Gasteiger charge is 2.19. The smallest absolute Gasteiger partial charge is 0.258 e. The summed E-state index contributed by atoms with van der Waals surface area (Å²) in [6, 6.07) is 13.9. The molecule has 1 aliphatic rings. The summed E-state index contributed by atoms with van der Waals surface area (Å²) in [6.07, 6.45) is 0. The van der Waals surface area contributed by atoms with E-state index in [1.807, 2.05) is 32.0 Å². The van der Waals surface area contributed by atoms with Crippen LogP contribution in [-0.4, -0.2) is 27.4 Å². The number of anilines is 1. The van der Waals surface area contributed by atoms with E-state index in [9.17, 15) is 9.59 Å². The molecule has 2 aromatic heterocycles. The normalized spacial score (nSPS) is 12.5. The number of benzene rings is 2. The maximum absolute atomic E-state index is 13.0. The molecule has 0 aliphatic carbocycles. The molecule has 0 fully saturated rings. The number of carbonyl (C=O) groups excluding carboxylic acids is 1. The van der Waals surface area contributed by atoms with Crippen LogP contribution < -0.4 is 20.3 Å². The Kier molecular flexibility index (Phi) is 4.85. The molecule has 5 rings (SSSR count). The number of ether oxygens (including phenoxy) is 2. The Labute approximate surface area is 182 Å². The number of pyridine rings is 1. The van der Waals surface area contributed by atoms with Crippen LogP contribution in [0.3, 0.4) is 0 Å². The van der Waals surface area contributed by atoms with Crippen molar-refractivity contribution < 1.29 is 18.8 Å². The van der Waals surface area contributed by atoms with Crippen molar-refractivity contribution in [2.75, 3.05) is 12.1 Å². The number of nitrogens with zero attached hydrogens (tertiary/aromatic N) is 3. The monoisotopic (exact) mass is 432 g/mol. The van der Waals surface area contributed by atoms with E-state index in [-0.39, 0.29) is 36.6 Å². The topological polar surface area (TPSA) is 108 Å². The van der Waals surface area contributed by atoms with E-state index in [0.717, 1.165) is 5.39 Å². The van der Waals surface area contributed by atoms with Crippen molar-refractivity contribution in [3.8, 4) is 23.0 Å². The van der Waals surface area contributed by atoms with Crippen LogP contribution in [-0.2, 0) is 11.3 Å². The third-order valence-corrected chi connectivity index (χ3v) is 5.17. The molecule has 32 heavy (non-hydrogen) atoms. The fourth-order valence-electron chi connectivity index (χ4n) is 3.57. The fraction of sp³-hybridized carbons (Fsp3) is 0.217. The molecule has 0 saturated heterocycles. The second-order valence-electron chi connectivity index (χ2n) is 7.73. The third-order valence-electron chi connectivity index (χ3n) is 5.17. The first-order chi connectivity index (χ1) is 15.5. The van der Waals surface area contributed by atoms with Crippen molar-refractivity contribution >= 4 is 22.5 Å². The maximum atomic E-state index is 13.0. The van der Waals surface area contributed by atoms with E-state index < -0.39 is 0 Å². The van der Waals surface area contributed by atoms with Gasteiger partial charge in [0.25, 0.3) is 11.4 Å². The van der Waals surface area contributed by atoms with Crippen molar-refractivity contribution in [1.82, 2.24) is 14.7 Å². The molecule has 2 aromatic carbocycles. The van der Waals surface area contributed by atoms with Crippen LogP contribution in [0.15, 0.2) is 57.8 Å². The van der Waals surface area contributed by atoms with Crippen LogP contribution in [0.4, 0.5) is 5.69 Å². The molecule has 0 saturated carbocycles. The van der Waals surface area contributed by atoms with Crippen molar-refractivity contribution in [1.29, 1.82) is 0 Å². The van der Waals surface area contributed by atoms with Crippen LogP contribution in [0.1, 0.15) is 25.6 Å². The van der Waals surface area contributed by atoms with E-state index >= 15 is 0 Å². The van der Waals surface area contributed by atoms with E-state index in [2.05, 4.69) is 15.5 Å². The molecule has 1 amide bonds. The van der Waals surface area contributed by atoms with Gasteiger partial charge in [0.1, 0.15) is 6.54 Å². The molecule has 0 radical (unpaired) electrons. The number of aromatic nitrogens is 3. The molecule has 3 heterocycles. The minimum Gasteiger partial charge on any atom is -0.454 e. The van der Waals surface area contributed by atoms with Gasteiger partial charge in [-0.05, 0) is 18.2 Å². The molecule has 4 aromatic rings. The van der Waals surface area contributed by atoms with Crippen molar-refractivity contribution in [3.05, 3.63) is 64.7 Å². The van der Waals surface area contributed by atoms with Gasteiger partial charge in [-0.25, -0.2) is 0 Å². The molecule has 0 spiro atoms. The summed E-state index contributed by atoms with van der Waals surface area (Å²) in [5, 5.41) is 7.53. The average Bonchev–Trinajstić information content (AvgIpc) is 3.45. The van der Waals surface area contributed by atoms with Crippen molar-refractivity contribution in [3.63, 3.8) is 0 Å². The minimum absolute atomic E-state index is 0.0963. The minimum atomic E-state index is -0.344. The Balaban J connectivity index is 1.47. The molecule has 162 valence electrons. The number of nitrogens with one attached hydrogen (secondary N) is 1. The molecule has 0 unspecified atom stereocenters. The zero-order chi connectivity index (χ0) is 22.2. The van der Waals surface area contributed by atoms with E-state index in [1.165, 1.54) is 10.6 Å². The summed E-state index contributed by atoms with van der Waals surface area (Å²) in [6.45, 7) is 3.92. The van der Waals surface area contributed by atoms with Crippen LogP contribution >= 0.6 is 0 Å². The van der Waals surface area contributed by atoms with Gasteiger partial charge < -0.3 is 19.3 Å². The third kappa shape index (κ3) is 3.58. The van der Waals surface area contributed by atoms with Crippen molar-refractivity contribution in [2.45, 2.75) is 26.3 Å². The maximum Gasteiger partial charge on any atom is 0.258 e. The summed E-state index contributed by atoms with van der Waals surface area (Å²) in [5.74, 6) is 1.79. The molecule has 1 N–H and O–H groups in total. The number of amides is 1. The zero-order valence-electron chi connectivity index (χ0n) is 17.5. The SMILES string of the molecule is CC(C)c1noc(-c2cc(=O)n(CC(=O)Nc3ccc4c(c3)OCO4)c3ccccc23)n1. The number of hydrogen-bond acceptors (Lipinski definition) is 7. The van der Waals surface area contributed by atoms with Gasteiger partial charge in [0.15, 0.2) is 17.3 Å². The first-order valence-corrected chi connectivity index (χ1v) is 10.2. The molecule has 9 heteroatoms. The lowest BCUT2D eigenvalue weighted by Crippen LogP contribution is -2.27. The standard InChI is InChI=1S/C23H20N4O5/c1-13(2)22-25-23(32-26-22)16-10-21(29)27(17-6-4-3-5-15(16)17)11-20(28)24-14-7-8-18-19(9-14)31-12-30-18/h3-10,13H,11-12H2,1-2H3,(H,24,28). The van der Waals surface area contributed by atoms with Crippen molar-refractivity contribution in [2.24, 2.45) is 0 Å². The fourth-order valence-corrected chi connectivity index (χ4v) is 3.57. The molecular weight excluding hydrogens is 412 g/mol. The summed E-state index contributed by atoms with van der Waals surface area (Å²) in [5.41, 5.74) is 1.35. The van der Waals surface area contributed by atoms with Gasteiger partial charge >= 0.3 is 0 Å². The van der Waals surface area contributed by atoms with Crippen LogP contribution in [0, 0.1) is 0 Å². The number of hydrogen-bond donors (Lipinski definition) is 1. The van der Waals surface area contributed by atoms with Gasteiger partial charge in [-0.15, -0.1) is 0 Å². The first-order valence-electron chi connectivity index (χ1n) is 10.2. The Morgan fingerprint density at radius 3 is 2.75 bits per heavy atom. The number of para-hydroxylation sites is 1. The summed E-state index contributed by atoms with van der Waals surface area (Å²) in [7, 11) is 0. The Morgan fingerprint density at radius 1 is 1.12 bits per heavy atom. The highest BCUT2D eigenvalue weighted by molar-refractivity contribution is 5.95. The second-order valence-corrected chi connectivity index (χ2v) is 7.73. The molecule has 1 aliphatic heterocycles. The van der Waals surface area contributed by atoms with Gasteiger partial charge in [-0.2, -0.15) is 4.98 Å².